The highest BCUT2D eigenvalue weighted by Gasteiger charge is 2.18. The summed E-state index contributed by atoms with van der Waals surface area (Å²) < 4.78 is 10.4. The van der Waals surface area contributed by atoms with Crippen LogP contribution in [0, 0.1) is 0 Å². The molecule has 1 aromatic rings. The van der Waals surface area contributed by atoms with Crippen LogP contribution < -0.4 is 21.3 Å². The van der Waals surface area contributed by atoms with Gasteiger partial charge in [0.1, 0.15) is 6.33 Å². The van der Waals surface area contributed by atoms with Gasteiger partial charge in [-0.2, -0.15) is 0 Å². The van der Waals surface area contributed by atoms with Crippen molar-refractivity contribution in [2.75, 3.05) is 50.7 Å². The van der Waals surface area contributed by atoms with Gasteiger partial charge >= 0.3 is 0 Å². The van der Waals surface area contributed by atoms with E-state index in [9.17, 15) is 4.79 Å². The van der Waals surface area contributed by atoms with Crippen LogP contribution in [0.2, 0.25) is 0 Å². The number of ether oxygens (including phenoxy) is 2. The van der Waals surface area contributed by atoms with Crippen molar-refractivity contribution in [3.8, 4) is 5.75 Å². The van der Waals surface area contributed by atoms with E-state index in [1.807, 2.05) is 0 Å². The molecule has 0 unspecified atom stereocenters. The topological polar surface area (TPSA) is 115 Å². The van der Waals surface area contributed by atoms with Gasteiger partial charge in [0, 0.05) is 13.1 Å². The molecule has 110 valence electrons. The predicted octanol–water partition coefficient (Wildman–Crippen LogP) is -0.959. The maximum absolute atomic E-state index is 12.0. The summed E-state index contributed by atoms with van der Waals surface area (Å²) in [6, 6.07) is 0. The van der Waals surface area contributed by atoms with Gasteiger partial charge in [0.2, 0.25) is 11.7 Å². The normalized spacial score (nSPS) is 14.8. The number of aromatic nitrogens is 2. The molecule has 2 heterocycles. The summed E-state index contributed by atoms with van der Waals surface area (Å²) in [5.74, 6) is 6.44. The molecule has 20 heavy (non-hydrogen) atoms. The van der Waals surface area contributed by atoms with E-state index < -0.39 is 0 Å². The average Bonchev–Trinajstić information content (AvgIpc) is 2.52. The number of rotatable bonds is 5. The number of hydrazine groups is 1. The Morgan fingerprint density at radius 1 is 1.45 bits per heavy atom. The number of nitrogen functional groups attached to an aromatic ring is 1. The molecular weight excluding hydrogens is 264 g/mol. The third-order valence-electron chi connectivity index (χ3n) is 2.92. The van der Waals surface area contributed by atoms with E-state index >= 15 is 0 Å². The van der Waals surface area contributed by atoms with Gasteiger partial charge in [0.25, 0.3) is 0 Å². The Labute approximate surface area is 116 Å². The Morgan fingerprint density at radius 3 is 2.80 bits per heavy atom. The first-order chi connectivity index (χ1) is 9.76. The molecule has 2 rings (SSSR count). The van der Waals surface area contributed by atoms with Gasteiger partial charge in [0.15, 0.2) is 11.6 Å². The second-order valence-corrected chi connectivity index (χ2v) is 4.10. The Morgan fingerprint density at radius 2 is 2.15 bits per heavy atom. The Balaban J connectivity index is 1.98. The summed E-state index contributed by atoms with van der Waals surface area (Å²) >= 11 is 0. The monoisotopic (exact) mass is 282 g/mol. The van der Waals surface area contributed by atoms with Crippen LogP contribution in [-0.4, -0.2) is 60.7 Å². The van der Waals surface area contributed by atoms with Crippen molar-refractivity contribution in [3.05, 3.63) is 6.33 Å². The summed E-state index contributed by atoms with van der Waals surface area (Å²) in [6.07, 6.45) is 1.33. The van der Waals surface area contributed by atoms with E-state index in [-0.39, 0.29) is 12.5 Å². The number of nitrogens with zero attached hydrogens (tertiary/aromatic N) is 3. The van der Waals surface area contributed by atoms with Gasteiger partial charge < -0.3 is 25.1 Å². The molecule has 0 bridgehead atoms. The molecule has 0 aliphatic carbocycles. The summed E-state index contributed by atoms with van der Waals surface area (Å²) in [5.41, 5.74) is 2.41. The highest BCUT2D eigenvalue weighted by Crippen LogP contribution is 2.27. The average molecular weight is 282 g/mol. The Bertz CT molecular complexity index is 463. The molecule has 1 aliphatic heterocycles. The minimum Gasteiger partial charge on any atom is -0.490 e. The molecule has 0 saturated carbocycles. The summed E-state index contributed by atoms with van der Waals surface area (Å²) in [4.78, 5) is 21.7. The number of nitrogens with one attached hydrogen (secondary N) is 2. The lowest BCUT2D eigenvalue weighted by molar-refractivity contribution is -0.133. The van der Waals surface area contributed by atoms with Crippen molar-refractivity contribution in [3.63, 3.8) is 0 Å². The fourth-order valence-electron chi connectivity index (χ4n) is 1.88. The second kappa shape index (κ2) is 6.87. The Hall–Kier alpha value is -2.13. The molecule has 9 heteroatoms. The number of amides is 1. The molecule has 0 atom stereocenters. The minimum absolute atomic E-state index is 0.0174. The van der Waals surface area contributed by atoms with Gasteiger partial charge in [-0.05, 0) is 0 Å². The number of hydrogen-bond acceptors (Lipinski definition) is 8. The number of carbonyl (C=O) groups is 1. The van der Waals surface area contributed by atoms with Crippen LogP contribution in [-0.2, 0) is 9.53 Å². The van der Waals surface area contributed by atoms with Crippen LogP contribution in [0.3, 0.4) is 0 Å². The van der Waals surface area contributed by atoms with Gasteiger partial charge in [-0.3, -0.25) is 4.79 Å². The van der Waals surface area contributed by atoms with Crippen molar-refractivity contribution in [1.82, 2.24) is 14.9 Å². The summed E-state index contributed by atoms with van der Waals surface area (Å²) in [5, 5.41) is 2.93. The summed E-state index contributed by atoms with van der Waals surface area (Å²) in [6.45, 7) is 2.49. The molecule has 1 amide bonds. The number of morpholine rings is 1. The third kappa shape index (κ3) is 3.25. The van der Waals surface area contributed by atoms with Gasteiger partial charge in [-0.1, -0.05) is 0 Å². The van der Waals surface area contributed by atoms with Crippen LogP contribution in [0.15, 0.2) is 6.33 Å². The maximum Gasteiger partial charge on any atom is 0.242 e. The van der Waals surface area contributed by atoms with Crippen LogP contribution in [0.4, 0.5) is 11.6 Å². The minimum atomic E-state index is -0.0174. The van der Waals surface area contributed by atoms with Crippen LogP contribution in [0.25, 0.3) is 0 Å². The Kier molecular flexibility index (Phi) is 4.91. The van der Waals surface area contributed by atoms with Crippen molar-refractivity contribution >= 4 is 17.5 Å². The lowest BCUT2D eigenvalue weighted by Gasteiger charge is -2.27. The van der Waals surface area contributed by atoms with E-state index in [1.165, 1.54) is 13.4 Å². The third-order valence-corrected chi connectivity index (χ3v) is 2.92. The van der Waals surface area contributed by atoms with E-state index in [1.54, 1.807) is 4.90 Å². The second-order valence-electron chi connectivity index (χ2n) is 4.10. The number of anilines is 2. The first kappa shape index (κ1) is 14.3. The van der Waals surface area contributed by atoms with Crippen molar-refractivity contribution < 1.29 is 14.3 Å². The SMILES string of the molecule is COc1c(NN)ncnc1NCC(=O)N1CCOCC1. The first-order valence-corrected chi connectivity index (χ1v) is 6.21. The lowest BCUT2D eigenvalue weighted by atomic mass is 10.4. The fraction of sp³-hybridized carbons (Fsp3) is 0.545. The van der Waals surface area contributed by atoms with Crippen LogP contribution in [0.5, 0.6) is 5.75 Å². The molecule has 0 radical (unpaired) electrons. The van der Waals surface area contributed by atoms with E-state index in [2.05, 4.69) is 20.7 Å². The molecular formula is C11H18N6O3. The smallest absolute Gasteiger partial charge is 0.242 e. The zero-order chi connectivity index (χ0) is 14.4. The molecule has 1 fully saturated rings. The first-order valence-electron chi connectivity index (χ1n) is 6.21. The quantitative estimate of drug-likeness (QED) is 0.467. The standard InChI is InChI=1S/C11H18N6O3/c1-19-9-10(14-7-15-11(9)16-12)13-6-8(18)17-2-4-20-5-3-17/h7H,2-6,12H2,1H3,(H2,13,14,15,16). The zero-order valence-corrected chi connectivity index (χ0v) is 11.3. The molecule has 4 N–H and O–H groups in total. The van der Waals surface area contributed by atoms with Crippen molar-refractivity contribution in [2.45, 2.75) is 0 Å². The van der Waals surface area contributed by atoms with Crippen LogP contribution >= 0.6 is 0 Å². The van der Waals surface area contributed by atoms with Gasteiger partial charge in [-0.15, -0.1) is 0 Å². The lowest BCUT2D eigenvalue weighted by Crippen LogP contribution is -2.43. The molecule has 1 aliphatic rings. The van der Waals surface area contributed by atoms with E-state index in [0.29, 0.717) is 43.7 Å². The van der Waals surface area contributed by atoms with Gasteiger partial charge in [0.05, 0.1) is 26.9 Å². The molecule has 1 aromatic heterocycles. The zero-order valence-electron chi connectivity index (χ0n) is 11.3. The van der Waals surface area contributed by atoms with Gasteiger partial charge in [-0.25, -0.2) is 15.8 Å². The highest BCUT2D eigenvalue weighted by atomic mass is 16.5. The number of methoxy groups -OCH3 is 1. The fourth-order valence-corrected chi connectivity index (χ4v) is 1.88. The number of carbonyl (C=O) groups excluding carboxylic acids is 1. The number of nitrogens with two attached hydrogens (primary N) is 1. The molecule has 0 spiro atoms. The maximum atomic E-state index is 12.0. The highest BCUT2D eigenvalue weighted by molar-refractivity contribution is 5.81. The van der Waals surface area contributed by atoms with Crippen molar-refractivity contribution in [1.29, 1.82) is 0 Å². The molecule has 9 nitrogen and oxygen atoms in total. The van der Waals surface area contributed by atoms with E-state index in [4.69, 9.17) is 15.3 Å². The largest absolute Gasteiger partial charge is 0.490 e. The van der Waals surface area contributed by atoms with E-state index in [0.717, 1.165) is 0 Å². The van der Waals surface area contributed by atoms with Crippen molar-refractivity contribution in [2.24, 2.45) is 5.84 Å². The summed E-state index contributed by atoms with van der Waals surface area (Å²) in [7, 11) is 1.48. The molecule has 1 saturated heterocycles. The predicted molar refractivity (Wildman–Crippen MR) is 72.3 cm³/mol. The number of hydrogen-bond donors (Lipinski definition) is 3. The molecule has 0 aromatic carbocycles. The van der Waals surface area contributed by atoms with Crippen LogP contribution in [0.1, 0.15) is 0 Å².